The lowest BCUT2D eigenvalue weighted by Crippen LogP contribution is -2.17. The molecule has 4 heteroatoms. The van der Waals surface area contributed by atoms with Crippen molar-refractivity contribution in [3.63, 3.8) is 0 Å². The summed E-state index contributed by atoms with van der Waals surface area (Å²) in [7, 11) is 1.84. The number of carbonyl (C=O) groups excluding carboxylic acids is 2. The molecular weight excluding hydrogens is 372 g/mol. The molecule has 0 atom stereocenters. The first kappa shape index (κ1) is 25.7. The summed E-state index contributed by atoms with van der Waals surface area (Å²) in [5.41, 5.74) is 3.49. The Bertz CT molecular complexity index is 659. The Hall–Kier alpha value is -2.36. The molecule has 1 N–H and O–H groups in total. The van der Waals surface area contributed by atoms with Crippen LogP contribution in [0.3, 0.4) is 0 Å². The van der Waals surface area contributed by atoms with Crippen molar-refractivity contribution in [2.75, 3.05) is 13.6 Å². The van der Waals surface area contributed by atoms with Gasteiger partial charge >= 0.3 is 0 Å². The van der Waals surface area contributed by atoms with Crippen LogP contribution in [0, 0.1) is 12.8 Å². The van der Waals surface area contributed by atoms with Crippen molar-refractivity contribution in [1.29, 1.82) is 0 Å². The normalized spacial score (nSPS) is 17.1. The van der Waals surface area contributed by atoms with Gasteiger partial charge in [0.2, 0.25) is 12.3 Å². The molecule has 0 unspecified atom stereocenters. The molecule has 4 nitrogen and oxygen atoms in total. The molecule has 30 heavy (non-hydrogen) atoms. The molecule has 0 spiro atoms. The van der Waals surface area contributed by atoms with Crippen molar-refractivity contribution in [2.45, 2.75) is 71.6 Å². The summed E-state index contributed by atoms with van der Waals surface area (Å²) in [6, 6.07) is 10.3. The van der Waals surface area contributed by atoms with Crippen molar-refractivity contribution in [2.24, 2.45) is 5.92 Å². The molecule has 2 fully saturated rings. The molecule has 1 aliphatic carbocycles. The minimum atomic E-state index is 0.292. The highest BCUT2D eigenvalue weighted by Gasteiger charge is 2.15. The molecular formula is C26H40N2O2. The topological polar surface area (TPSA) is 49.4 Å². The van der Waals surface area contributed by atoms with Gasteiger partial charge in [-0.2, -0.15) is 0 Å². The fourth-order valence-electron chi connectivity index (χ4n) is 3.82. The van der Waals surface area contributed by atoms with Crippen molar-refractivity contribution >= 4 is 12.3 Å². The van der Waals surface area contributed by atoms with E-state index in [4.69, 9.17) is 0 Å². The molecule has 2 aliphatic rings. The maximum absolute atomic E-state index is 10.5. The fourth-order valence-corrected chi connectivity index (χ4v) is 3.82. The highest BCUT2D eigenvalue weighted by Crippen LogP contribution is 2.30. The van der Waals surface area contributed by atoms with E-state index in [0.717, 1.165) is 31.5 Å². The Morgan fingerprint density at radius 3 is 2.13 bits per heavy atom. The summed E-state index contributed by atoms with van der Waals surface area (Å²) >= 11 is 0. The van der Waals surface area contributed by atoms with E-state index in [0.29, 0.717) is 18.2 Å². The molecule has 1 aromatic rings. The van der Waals surface area contributed by atoms with Crippen LogP contribution >= 0.6 is 0 Å². The third-order valence-electron chi connectivity index (χ3n) is 5.64. The summed E-state index contributed by atoms with van der Waals surface area (Å²) in [4.78, 5) is 22.6. The first-order valence-corrected chi connectivity index (χ1v) is 11.3. The molecule has 1 heterocycles. The Labute approximate surface area is 183 Å². The zero-order valence-electron chi connectivity index (χ0n) is 19.2. The zero-order chi connectivity index (χ0) is 22.2. The van der Waals surface area contributed by atoms with Gasteiger partial charge in [0.15, 0.2) is 0 Å². The summed E-state index contributed by atoms with van der Waals surface area (Å²) in [6.07, 6.45) is 13.7. The number of hydrogen-bond donors (Lipinski definition) is 1. The van der Waals surface area contributed by atoms with Crippen LogP contribution in [0.25, 0.3) is 0 Å². The molecule has 1 saturated carbocycles. The quantitative estimate of drug-likeness (QED) is 0.378. The Kier molecular flexibility index (Phi) is 13.2. The summed E-state index contributed by atoms with van der Waals surface area (Å²) in [6.45, 7) is 9.06. The van der Waals surface area contributed by atoms with Gasteiger partial charge in [0.1, 0.15) is 0 Å². The number of rotatable bonds is 5. The number of hydrogen-bond acceptors (Lipinski definition) is 2. The largest absolute Gasteiger partial charge is 0.346 e. The van der Waals surface area contributed by atoms with E-state index in [2.05, 4.69) is 44.0 Å². The Morgan fingerprint density at radius 2 is 1.77 bits per heavy atom. The van der Waals surface area contributed by atoms with Crippen LogP contribution in [-0.4, -0.2) is 30.8 Å². The van der Waals surface area contributed by atoms with Crippen LogP contribution in [0.4, 0.5) is 0 Å². The lowest BCUT2D eigenvalue weighted by molar-refractivity contribution is -0.126. The summed E-state index contributed by atoms with van der Waals surface area (Å²) in [5, 5.41) is 2.61. The van der Waals surface area contributed by atoms with Gasteiger partial charge < -0.3 is 10.2 Å². The number of carbonyl (C=O) groups is 2. The standard InChI is InChI=1S/C14H23NO.C7H8.C5H9NO/c1-3-13(10-12(2)15-11-16)14-8-6-4-5-7-9-14;1-7-5-3-2-4-6-7;1-6-4-2-3-5(6)7/h10-11,14H,2-9H2,1H3,(H,15,16);2-6H,1H3;2-4H2,1H3/b13-10+;;. The number of nitrogens with one attached hydrogen (secondary N) is 1. The minimum absolute atomic E-state index is 0.292. The molecule has 1 aromatic carbocycles. The Morgan fingerprint density at radius 1 is 1.13 bits per heavy atom. The second kappa shape index (κ2) is 15.5. The number of aryl methyl sites for hydroxylation is 1. The monoisotopic (exact) mass is 412 g/mol. The molecule has 1 aliphatic heterocycles. The van der Waals surface area contributed by atoms with E-state index in [-0.39, 0.29) is 0 Å². The number of benzene rings is 1. The van der Waals surface area contributed by atoms with Gasteiger partial charge in [0.05, 0.1) is 0 Å². The SMILES string of the molecule is C=C(/C=C(\CC)C1CCCCCC1)NC=O.CN1CCCC1=O.Cc1ccccc1. The van der Waals surface area contributed by atoms with Gasteiger partial charge in [-0.05, 0) is 44.6 Å². The van der Waals surface area contributed by atoms with Crippen LogP contribution in [-0.2, 0) is 9.59 Å². The molecule has 0 radical (unpaired) electrons. The summed E-state index contributed by atoms with van der Waals surface area (Å²) < 4.78 is 0. The number of nitrogens with zero attached hydrogens (tertiary/aromatic N) is 1. The van der Waals surface area contributed by atoms with Crippen LogP contribution in [0.2, 0.25) is 0 Å². The molecule has 2 amide bonds. The van der Waals surface area contributed by atoms with E-state index < -0.39 is 0 Å². The van der Waals surface area contributed by atoms with Crippen molar-refractivity contribution in [3.05, 3.63) is 59.8 Å². The van der Waals surface area contributed by atoms with E-state index in [1.54, 1.807) is 4.90 Å². The fraction of sp³-hybridized carbons (Fsp3) is 0.538. The molecule has 1 saturated heterocycles. The molecule has 166 valence electrons. The number of amides is 2. The maximum Gasteiger partial charge on any atom is 0.222 e. The van der Waals surface area contributed by atoms with E-state index >= 15 is 0 Å². The maximum atomic E-state index is 10.5. The van der Waals surface area contributed by atoms with E-state index in [1.807, 2.05) is 25.2 Å². The lowest BCUT2D eigenvalue weighted by atomic mass is 9.89. The molecule has 0 bridgehead atoms. The van der Waals surface area contributed by atoms with Crippen molar-refractivity contribution in [1.82, 2.24) is 10.2 Å². The second-order valence-electron chi connectivity index (χ2n) is 8.12. The predicted molar refractivity (Wildman–Crippen MR) is 126 cm³/mol. The number of allylic oxidation sites excluding steroid dienone is 2. The van der Waals surface area contributed by atoms with Crippen LogP contribution in [0.1, 0.15) is 70.3 Å². The third-order valence-corrected chi connectivity index (χ3v) is 5.64. The van der Waals surface area contributed by atoms with Crippen LogP contribution in [0.15, 0.2) is 54.3 Å². The van der Waals surface area contributed by atoms with Gasteiger partial charge in [-0.1, -0.05) is 80.7 Å². The minimum Gasteiger partial charge on any atom is -0.346 e. The van der Waals surface area contributed by atoms with Crippen LogP contribution < -0.4 is 5.32 Å². The third kappa shape index (κ3) is 11.0. The Balaban J connectivity index is 0.000000263. The lowest BCUT2D eigenvalue weighted by Gasteiger charge is -2.17. The van der Waals surface area contributed by atoms with E-state index in [9.17, 15) is 9.59 Å². The molecule has 0 aromatic heterocycles. The zero-order valence-corrected chi connectivity index (χ0v) is 19.2. The van der Waals surface area contributed by atoms with Crippen molar-refractivity contribution < 1.29 is 9.59 Å². The van der Waals surface area contributed by atoms with Gasteiger partial charge in [-0.3, -0.25) is 9.59 Å². The smallest absolute Gasteiger partial charge is 0.222 e. The van der Waals surface area contributed by atoms with Gasteiger partial charge in [0, 0.05) is 25.7 Å². The highest BCUT2D eigenvalue weighted by atomic mass is 16.2. The first-order chi connectivity index (χ1) is 14.5. The average Bonchev–Trinajstić information content (AvgIpc) is 2.97. The first-order valence-electron chi connectivity index (χ1n) is 11.3. The highest BCUT2D eigenvalue weighted by molar-refractivity contribution is 5.77. The van der Waals surface area contributed by atoms with Gasteiger partial charge in [0.25, 0.3) is 0 Å². The molecule has 3 rings (SSSR count). The van der Waals surface area contributed by atoms with Crippen molar-refractivity contribution in [3.8, 4) is 0 Å². The number of likely N-dealkylation sites (tertiary alicyclic amines) is 1. The van der Waals surface area contributed by atoms with E-state index in [1.165, 1.54) is 49.7 Å². The van der Waals surface area contributed by atoms with Crippen LogP contribution in [0.5, 0.6) is 0 Å². The second-order valence-corrected chi connectivity index (χ2v) is 8.12. The van der Waals surface area contributed by atoms with Gasteiger partial charge in [-0.25, -0.2) is 0 Å². The average molecular weight is 413 g/mol. The summed E-state index contributed by atoms with van der Waals surface area (Å²) in [5.74, 6) is 0.998. The predicted octanol–water partition coefficient (Wildman–Crippen LogP) is 5.79. The van der Waals surface area contributed by atoms with Gasteiger partial charge in [-0.15, -0.1) is 0 Å².